The van der Waals surface area contributed by atoms with Gasteiger partial charge in [-0.05, 0) is 37.5 Å². The van der Waals surface area contributed by atoms with E-state index in [4.69, 9.17) is 9.47 Å². The normalized spacial score (nSPS) is 12.1. The molecule has 0 bridgehead atoms. The van der Waals surface area contributed by atoms with Gasteiger partial charge in [-0.3, -0.25) is 0 Å². The first-order chi connectivity index (χ1) is 11.5. The highest BCUT2D eigenvalue weighted by Gasteiger charge is 1.99. The first kappa shape index (κ1) is 19.8. The van der Waals surface area contributed by atoms with Crippen LogP contribution in [0.15, 0.2) is 35.9 Å². The van der Waals surface area contributed by atoms with Crippen molar-refractivity contribution in [2.24, 2.45) is 5.92 Å². The molecule has 24 heavy (non-hydrogen) atoms. The number of methoxy groups -OCH3 is 2. The van der Waals surface area contributed by atoms with E-state index in [-0.39, 0.29) is 5.92 Å². The summed E-state index contributed by atoms with van der Waals surface area (Å²) in [5.41, 5.74) is 2.31. The quantitative estimate of drug-likeness (QED) is 0.315. The minimum Gasteiger partial charge on any atom is -0.497 e. The number of benzene rings is 1. The van der Waals surface area contributed by atoms with Crippen LogP contribution in [0.3, 0.4) is 0 Å². The molecule has 4 nitrogen and oxygen atoms in total. The van der Waals surface area contributed by atoms with Gasteiger partial charge in [-0.1, -0.05) is 36.6 Å². The van der Waals surface area contributed by atoms with Crippen molar-refractivity contribution in [3.63, 3.8) is 0 Å². The zero-order valence-electron chi connectivity index (χ0n) is 14.9. The number of carbonyl (C=O) groups is 1. The topological polar surface area (TPSA) is 44.8 Å². The minimum atomic E-state index is -0.486. The van der Waals surface area contributed by atoms with E-state index in [1.165, 1.54) is 12.7 Å². The van der Waals surface area contributed by atoms with Gasteiger partial charge in [0.05, 0.1) is 27.4 Å². The lowest BCUT2D eigenvalue weighted by molar-refractivity contribution is -0.133. The Hall–Kier alpha value is -2.25. The molecule has 1 aromatic carbocycles. The van der Waals surface area contributed by atoms with Crippen molar-refractivity contribution in [1.29, 1.82) is 0 Å². The van der Waals surface area contributed by atoms with Crippen molar-refractivity contribution in [2.45, 2.75) is 33.3 Å². The predicted octanol–water partition coefficient (Wildman–Crippen LogP) is 3.75. The Morgan fingerprint density at radius 3 is 2.58 bits per heavy atom. The summed E-state index contributed by atoms with van der Waals surface area (Å²) >= 11 is 0. The molecule has 0 aromatic heterocycles. The van der Waals surface area contributed by atoms with E-state index in [0.717, 1.165) is 24.2 Å². The number of hydrogen-bond acceptors (Lipinski definition) is 4. The Morgan fingerprint density at radius 1 is 1.25 bits per heavy atom. The van der Waals surface area contributed by atoms with Crippen LogP contribution < -0.4 is 4.74 Å². The van der Waals surface area contributed by atoms with Crippen LogP contribution >= 0.6 is 0 Å². The number of ether oxygens (including phenoxy) is 3. The predicted molar refractivity (Wildman–Crippen MR) is 94.6 cm³/mol. The van der Waals surface area contributed by atoms with Gasteiger partial charge in [0.15, 0.2) is 0 Å². The SMILES string of the molecule is COC(=O)C#C[C@H](C)CC/C=C(\C)COCc1ccc(OC)cc1. The van der Waals surface area contributed by atoms with Gasteiger partial charge in [0.25, 0.3) is 0 Å². The molecule has 1 rings (SSSR count). The Kier molecular flexibility index (Phi) is 9.33. The molecule has 1 aromatic rings. The molecular formula is C20H26O4. The van der Waals surface area contributed by atoms with Gasteiger partial charge in [0.1, 0.15) is 5.75 Å². The summed E-state index contributed by atoms with van der Waals surface area (Å²) in [5, 5.41) is 0. The van der Waals surface area contributed by atoms with Crippen molar-refractivity contribution in [3.8, 4) is 17.6 Å². The maximum absolute atomic E-state index is 10.9. The smallest absolute Gasteiger partial charge is 0.384 e. The number of hydrogen-bond donors (Lipinski definition) is 0. The van der Waals surface area contributed by atoms with E-state index >= 15 is 0 Å². The highest BCUT2D eigenvalue weighted by atomic mass is 16.5. The Labute approximate surface area is 144 Å². The summed E-state index contributed by atoms with van der Waals surface area (Å²) < 4.78 is 15.3. The van der Waals surface area contributed by atoms with Gasteiger partial charge in [-0.25, -0.2) is 4.79 Å². The third kappa shape index (κ3) is 8.40. The van der Waals surface area contributed by atoms with Crippen molar-refractivity contribution in [1.82, 2.24) is 0 Å². The van der Waals surface area contributed by atoms with E-state index in [1.807, 2.05) is 31.2 Å². The van der Waals surface area contributed by atoms with Crippen LogP contribution in [0.25, 0.3) is 0 Å². The molecule has 0 radical (unpaired) electrons. The van der Waals surface area contributed by atoms with Crippen molar-refractivity contribution >= 4 is 5.97 Å². The summed E-state index contributed by atoms with van der Waals surface area (Å²) in [5.74, 6) is 5.87. The number of rotatable bonds is 8. The zero-order valence-corrected chi connectivity index (χ0v) is 14.9. The van der Waals surface area contributed by atoms with Crippen LogP contribution in [0.4, 0.5) is 0 Å². The molecule has 0 saturated carbocycles. The Bertz CT molecular complexity index is 590. The number of allylic oxidation sites excluding steroid dienone is 1. The molecule has 0 heterocycles. The van der Waals surface area contributed by atoms with E-state index in [9.17, 15) is 4.79 Å². The van der Waals surface area contributed by atoms with Crippen LogP contribution in [0.2, 0.25) is 0 Å². The summed E-state index contributed by atoms with van der Waals surface area (Å²) in [6, 6.07) is 7.86. The molecule has 0 amide bonds. The largest absolute Gasteiger partial charge is 0.497 e. The van der Waals surface area contributed by atoms with E-state index in [0.29, 0.717) is 13.2 Å². The lowest BCUT2D eigenvalue weighted by atomic mass is 10.1. The first-order valence-electron chi connectivity index (χ1n) is 8.01. The molecule has 130 valence electrons. The molecule has 0 N–H and O–H groups in total. The fourth-order valence-electron chi connectivity index (χ4n) is 2.00. The lowest BCUT2D eigenvalue weighted by Crippen LogP contribution is -1.98. The summed E-state index contributed by atoms with van der Waals surface area (Å²) in [7, 11) is 2.99. The van der Waals surface area contributed by atoms with Gasteiger partial charge in [-0.15, -0.1) is 0 Å². The van der Waals surface area contributed by atoms with Crippen LogP contribution in [0, 0.1) is 17.8 Å². The molecule has 0 aliphatic rings. The maximum atomic E-state index is 10.9. The average Bonchev–Trinajstić information content (AvgIpc) is 2.60. The fourth-order valence-corrected chi connectivity index (χ4v) is 2.00. The van der Waals surface area contributed by atoms with Crippen LogP contribution in [-0.4, -0.2) is 26.8 Å². The lowest BCUT2D eigenvalue weighted by Gasteiger charge is -2.06. The zero-order chi connectivity index (χ0) is 17.8. The maximum Gasteiger partial charge on any atom is 0.384 e. The Balaban J connectivity index is 2.26. The second-order valence-corrected chi connectivity index (χ2v) is 5.63. The first-order valence-corrected chi connectivity index (χ1v) is 8.01. The Morgan fingerprint density at radius 2 is 1.96 bits per heavy atom. The van der Waals surface area contributed by atoms with Crippen LogP contribution in [-0.2, 0) is 20.9 Å². The molecule has 1 atom stereocenters. The second kappa shape index (κ2) is 11.3. The molecular weight excluding hydrogens is 304 g/mol. The monoisotopic (exact) mass is 330 g/mol. The van der Waals surface area contributed by atoms with Gasteiger partial charge in [0, 0.05) is 11.8 Å². The van der Waals surface area contributed by atoms with Crippen LogP contribution in [0.5, 0.6) is 5.75 Å². The molecule has 0 spiro atoms. The third-order valence-corrected chi connectivity index (χ3v) is 3.46. The molecule has 0 aliphatic carbocycles. The summed E-state index contributed by atoms with van der Waals surface area (Å²) in [6.07, 6.45) is 3.97. The van der Waals surface area contributed by atoms with Gasteiger partial charge in [-0.2, -0.15) is 0 Å². The molecule has 0 fully saturated rings. The summed E-state index contributed by atoms with van der Waals surface area (Å²) in [4.78, 5) is 10.9. The second-order valence-electron chi connectivity index (χ2n) is 5.63. The third-order valence-electron chi connectivity index (χ3n) is 3.46. The van der Waals surface area contributed by atoms with Crippen LogP contribution in [0.1, 0.15) is 32.3 Å². The number of esters is 1. The highest BCUT2D eigenvalue weighted by Crippen LogP contribution is 2.12. The van der Waals surface area contributed by atoms with E-state index < -0.39 is 5.97 Å². The highest BCUT2D eigenvalue weighted by molar-refractivity contribution is 5.88. The van der Waals surface area contributed by atoms with Gasteiger partial charge in [0.2, 0.25) is 0 Å². The van der Waals surface area contributed by atoms with Crippen molar-refractivity contribution in [3.05, 3.63) is 41.5 Å². The number of carbonyl (C=O) groups excluding carboxylic acids is 1. The fraction of sp³-hybridized carbons (Fsp3) is 0.450. The molecule has 0 aliphatic heterocycles. The van der Waals surface area contributed by atoms with Crippen molar-refractivity contribution < 1.29 is 19.0 Å². The van der Waals surface area contributed by atoms with Crippen molar-refractivity contribution in [2.75, 3.05) is 20.8 Å². The van der Waals surface area contributed by atoms with E-state index in [1.54, 1.807) is 7.11 Å². The average molecular weight is 330 g/mol. The molecule has 0 unspecified atom stereocenters. The molecule has 0 saturated heterocycles. The minimum absolute atomic E-state index is 0.161. The van der Waals surface area contributed by atoms with E-state index in [2.05, 4.69) is 29.6 Å². The van der Waals surface area contributed by atoms with Gasteiger partial charge >= 0.3 is 5.97 Å². The van der Waals surface area contributed by atoms with Gasteiger partial charge < -0.3 is 14.2 Å². The standard InChI is InChI=1S/C20H26O4/c1-16(8-13-20(21)23-4)6-5-7-17(2)14-24-15-18-9-11-19(22-3)12-10-18/h7,9-12,16H,5-6,14-15H2,1-4H3/b17-7+/t16-/m1/s1. The molecule has 4 heteroatoms. The summed E-state index contributed by atoms with van der Waals surface area (Å²) in [6.45, 7) is 5.24.